The van der Waals surface area contributed by atoms with Crippen molar-refractivity contribution in [2.24, 2.45) is 0 Å². The summed E-state index contributed by atoms with van der Waals surface area (Å²) in [6, 6.07) is 12.9. The minimum absolute atomic E-state index is 0.123. The van der Waals surface area contributed by atoms with E-state index < -0.39 is 6.04 Å². The van der Waals surface area contributed by atoms with Crippen molar-refractivity contribution in [1.82, 2.24) is 9.80 Å². The van der Waals surface area contributed by atoms with E-state index in [-0.39, 0.29) is 17.1 Å². The summed E-state index contributed by atoms with van der Waals surface area (Å²) < 4.78 is 12.4. The second kappa shape index (κ2) is 8.81. The first-order valence-corrected chi connectivity index (χ1v) is 11.8. The molecule has 166 valence electrons. The Bertz CT molecular complexity index is 1220. The molecule has 5 rings (SSSR count). The Morgan fingerprint density at radius 3 is 2.53 bits per heavy atom. The first kappa shape index (κ1) is 21.4. The number of hydrogen-bond acceptors (Lipinski definition) is 5. The maximum absolute atomic E-state index is 13.6. The number of halogens is 1. The zero-order chi connectivity index (χ0) is 22.2. The molecular weight excluding hydrogens is 472 g/mol. The van der Waals surface area contributed by atoms with E-state index in [1.165, 1.54) is 0 Å². The normalized spacial score (nSPS) is 19.0. The molecule has 3 aromatic rings. The van der Waals surface area contributed by atoms with Crippen molar-refractivity contribution < 1.29 is 13.9 Å². The van der Waals surface area contributed by atoms with Crippen LogP contribution in [0, 0.1) is 6.92 Å². The Morgan fingerprint density at radius 1 is 1.03 bits per heavy atom. The van der Waals surface area contributed by atoms with Gasteiger partial charge in [0.2, 0.25) is 5.76 Å². The number of benzene rings is 2. The molecule has 0 saturated carbocycles. The van der Waals surface area contributed by atoms with Crippen LogP contribution in [0.2, 0.25) is 0 Å². The van der Waals surface area contributed by atoms with E-state index in [2.05, 4.69) is 20.8 Å². The predicted octanol–water partition coefficient (Wildman–Crippen LogP) is 4.13. The average molecular weight is 497 g/mol. The second-order valence-electron chi connectivity index (χ2n) is 8.43. The van der Waals surface area contributed by atoms with E-state index in [0.717, 1.165) is 54.9 Å². The van der Waals surface area contributed by atoms with Crippen molar-refractivity contribution in [3.63, 3.8) is 0 Å². The highest BCUT2D eigenvalue weighted by Crippen LogP contribution is 2.38. The molecule has 0 spiro atoms. The summed E-state index contributed by atoms with van der Waals surface area (Å²) in [5, 5.41) is 0.522. The Hall–Kier alpha value is -2.48. The molecular formula is C25H25BrN2O4. The maximum atomic E-state index is 13.6. The summed E-state index contributed by atoms with van der Waals surface area (Å²) in [5.74, 6) is -0.0416. The van der Waals surface area contributed by atoms with Gasteiger partial charge >= 0.3 is 0 Å². The number of rotatable bonds is 5. The SMILES string of the molecule is Cc1ccc2oc3c(c(=O)c2c1)[C@@H](c1ccc(Br)cc1)N(CCCN1CCOCC1)C3=O. The number of aryl methyl sites for hydroxylation is 1. The molecule has 0 N–H and O–H groups in total. The molecule has 1 amide bonds. The van der Waals surface area contributed by atoms with Gasteiger partial charge in [0.25, 0.3) is 5.91 Å². The number of amides is 1. The number of fused-ring (bicyclic) bond motifs is 2. The molecule has 1 saturated heterocycles. The molecule has 1 atom stereocenters. The van der Waals surface area contributed by atoms with Crippen molar-refractivity contribution in [3.05, 3.63) is 79.6 Å². The van der Waals surface area contributed by atoms with Crippen molar-refractivity contribution in [2.75, 3.05) is 39.4 Å². The van der Waals surface area contributed by atoms with Gasteiger partial charge in [0.1, 0.15) is 5.58 Å². The summed E-state index contributed by atoms with van der Waals surface area (Å²) in [6.07, 6.45) is 0.819. The van der Waals surface area contributed by atoms with Crippen LogP contribution in [0.3, 0.4) is 0 Å². The van der Waals surface area contributed by atoms with Crippen molar-refractivity contribution >= 4 is 32.8 Å². The van der Waals surface area contributed by atoms with Crippen LogP contribution in [0.25, 0.3) is 11.0 Å². The molecule has 6 nitrogen and oxygen atoms in total. The third-order valence-electron chi connectivity index (χ3n) is 6.28. The van der Waals surface area contributed by atoms with Crippen LogP contribution < -0.4 is 5.43 Å². The van der Waals surface area contributed by atoms with Gasteiger partial charge in [0, 0.05) is 30.7 Å². The first-order valence-electron chi connectivity index (χ1n) is 11.0. The lowest BCUT2D eigenvalue weighted by Crippen LogP contribution is -2.38. The highest BCUT2D eigenvalue weighted by molar-refractivity contribution is 9.10. The highest BCUT2D eigenvalue weighted by atomic mass is 79.9. The minimum Gasteiger partial charge on any atom is -0.450 e. The molecule has 2 aliphatic rings. The van der Waals surface area contributed by atoms with E-state index in [1.54, 1.807) is 11.0 Å². The summed E-state index contributed by atoms with van der Waals surface area (Å²) in [7, 11) is 0. The monoisotopic (exact) mass is 496 g/mol. The van der Waals surface area contributed by atoms with Gasteiger partial charge in [-0.1, -0.05) is 39.7 Å². The Balaban J connectivity index is 1.53. The van der Waals surface area contributed by atoms with Gasteiger partial charge in [-0.05, 0) is 43.2 Å². The van der Waals surface area contributed by atoms with Gasteiger partial charge in [-0.25, -0.2) is 0 Å². The zero-order valence-corrected chi connectivity index (χ0v) is 19.6. The molecule has 3 heterocycles. The van der Waals surface area contributed by atoms with E-state index in [0.29, 0.717) is 23.1 Å². The van der Waals surface area contributed by atoms with E-state index in [4.69, 9.17) is 9.15 Å². The number of carbonyl (C=O) groups excluding carboxylic acids is 1. The lowest BCUT2D eigenvalue weighted by atomic mass is 9.98. The Morgan fingerprint density at radius 2 is 1.78 bits per heavy atom. The topological polar surface area (TPSA) is 63.0 Å². The Labute approximate surface area is 194 Å². The molecule has 0 aliphatic carbocycles. The standard InChI is InChI=1S/C25H25BrN2O4/c1-16-3-8-20-19(15-16)23(29)21-22(17-4-6-18(26)7-5-17)28(25(30)24(21)32-20)10-2-9-27-11-13-31-14-12-27/h3-8,15,22H,2,9-14H2,1H3/t22-/m1/s1. The number of hydrogen-bond donors (Lipinski definition) is 0. The molecule has 0 bridgehead atoms. The number of nitrogens with zero attached hydrogens (tertiary/aromatic N) is 2. The van der Waals surface area contributed by atoms with Gasteiger partial charge in [-0.2, -0.15) is 0 Å². The van der Waals surface area contributed by atoms with E-state index in [9.17, 15) is 9.59 Å². The second-order valence-corrected chi connectivity index (χ2v) is 9.35. The molecule has 2 aromatic carbocycles. The third kappa shape index (κ3) is 3.89. The van der Waals surface area contributed by atoms with Crippen LogP contribution >= 0.6 is 15.9 Å². The fourth-order valence-corrected chi connectivity index (χ4v) is 4.91. The van der Waals surface area contributed by atoms with Crippen LogP contribution in [-0.2, 0) is 4.74 Å². The first-order chi connectivity index (χ1) is 15.5. The van der Waals surface area contributed by atoms with Crippen LogP contribution in [0.1, 0.15) is 39.7 Å². The van der Waals surface area contributed by atoms with Crippen molar-refractivity contribution in [2.45, 2.75) is 19.4 Å². The van der Waals surface area contributed by atoms with Crippen LogP contribution in [0.5, 0.6) is 0 Å². The van der Waals surface area contributed by atoms with Crippen LogP contribution in [0.15, 0.2) is 56.1 Å². The van der Waals surface area contributed by atoms with Crippen molar-refractivity contribution in [3.8, 4) is 0 Å². The highest BCUT2D eigenvalue weighted by Gasteiger charge is 2.42. The average Bonchev–Trinajstić information content (AvgIpc) is 3.08. The summed E-state index contributed by atoms with van der Waals surface area (Å²) in [4.78, 5) is 31.2. The summed E-state index contributed by atoms with van der Waals surface area (Å²) in [6.45, 7) is 6.71. The van der Waals surface area contributed by atoms with Crippen LogP contribution in [0.4, 0.5) is 0 Å². The summed E-state index contributed by atoms with van der Waals surface area (Å²) in [5.41, 5.74) is 2.67. The quantitative estimate of drug-likeness (QED) is 0.531. The molecule has 1 fully saturated rings. The lowest BCUT2D eigenvalue weighted by molar-refractivity contribution is 0.0353. The van der Waals surface area contributed by atoms with E-state index in [1.807, 2.05) is 43.3 Å². The zero-order valence-electron chi connectivity index (χ0n) is 18.0. The van der Waals surface area contributed by atoms with Gasteiger partial charge in [-0.3, -0.25) is 14.5 Å². The fourth-order valence-electron chi connectivity index (χ4n) is 4.65. The number of carbonyl (C=O) groups is 1. The van der Waals surface area contributed by atoms with Gasteiger partial charge in [0.05, 0.1) is 30.2 Å². The predicted molar refractivity (Wildman–Crippen MR) is 126 cm³/mol. The van der Waals surface area contributed by atoms with Gasteiger partial charge < -0.3 is 14.1 Å². The van der Waals surface area contributed by atoms with Crippen molar-refractivity contribution in [1.29, 1.82) is 0 Å². The molecule has 32 heavy (non-hydrogen) atoms. The summed E-state index contributed by atoms with van der Waals surface area (Å²) >= 11 is 3.48. The molecule has 0 unspecified atom stereocenters. The molecule has 7 heteroatoms. The Kier molecular flexibility index (Phi) is 5.88. The molecule has 1 aromatic heterocycles. The van der Waals surface area contributed by atoms with Gasteiger partial charge in [-0.15, -0.1) is 0 Å². The number of morpholine rings is 1. The largest absolute Gasteiger partial charge is 0.450 e. The smallest absolute Gasteiger partial charge is 0.290 e. The van der Waals surface area contributed by atoms with E-state index >= 15 is 0 Å². The number of ether oxygens (including phenoxy) is 1. The minimum atomic E-state index is -0.448. The van der Waals surface area contributed by atoms with Crippen LogP contribution in [-0.4, -0.2) is 55.1 Å². The fraction of sp³-hybridized carbons (Fsp3) is 0.360. The maximum Gasteiger partial charge on any atom is 0.290 e. The third-order valence-corrected chi connectivity index (χ3v) is 6.81. The van der Waals surface area contributed by atoms with Gasteiger partial charge in [0.15, 0.2) is 5.43 Å². The molecule has 2 aliphatic heterocycles. The molecule has 0 radical (unpaired) electrons. The lowest BCUT2D eigenvalue weighted by Gasteiger charge is -2.29.